The van der Waals surface area contributed by atoms with Gasteiger partial charge in [-0.25, -0.2) is 0 Å². The molecule has 17 nitrogen and oxygen atoms in total. The maximum atomic E-state index is 15.8. The summed E-state index contributed by atoms with van der Waals surface area (Å²) in [5, 5.41) is 14.1. The second-order valence-electron chi connectivity index (χ2n) is 14.0. The van der Waals surface area contributed by atoms with Gasteiger partial charge in [0.05, 0.1) is 7.11 Å². The van der Waals surface area contributed by atoms with Gasteiger partial charge >= 0.3 is 29.8 Å². The summed E-state index contributed by atoms with van der Waals surface area (Å²) >= 11 is 0.958. The van der Waals surface area contributed by atoms with Crippen LogP contribution in [0.4, 0.5) is 5.69 Å². The second-order valence-corrected chi connectivity index (χ2v) is 15.4. The largest absolute Gasteiger partial charge is 0.497 e. The summed E-state index contributed by atoms with van der Waals surface area (Å²) in [6.45, 7) is 4.43. The summed E-state index contributed by atoms with van der Waals surface area (Å²) in [4.78, 5) is 94.1. The molecule has 3 aromatic rings. The molecule has 2 aliphatic heterocycles. The summed E-state index contributed by atoms with van der Waals surface area (Å²) < 4.78 is 31.5. The van der Waals surface area contributed by atoms with Crippen molar-refractivity contribution in [1.82, 2.24) is 4.90 Å². The van der Waals surface area contributed by atoms with Crippen LogP contribution in [0.2, 0.25) is 0 Å². The van der Waals surface area contributed by atoms with Gasteiger partial charge in [-0.2, -0.15) is 0 Å². The molecule has 0 N–H and O–H groups in total. The Labute approximate surface area is 344 Å². The molecule has 2 aliphatic rings. The maximum absolute atomic E-state index is 15.8. The molecule has 0 aromatic heterocycles. The molecule has 2 heterocycles. The number of carbonyl (C=O) groups is 6. The molecule has 1 amide bonds. The molecule has 0 saturated carbocycles. The first-order valence-electron chi connectivity index (χ1n) is 18.4. The number of benzene rings is 3. The van der Waals surface area contributed by atoms with Gasteiger partial charge in [0.1, 0.15) is 23.0 Å². The number of anilines is 1. The maximum Gasteiger partial charge on any atom is 0.303 e. The Balaban J connectivity index is 1.88. The van der Waals surface area contributed by atoms with E-state index in [0.717, 1.165) is 51.9 Å². The smallest absolute Gasteiger partial charge is 0.303 e. The summed E-state index contributed by atoms with van der Waals surface area (Å²) in [5.74, 6) is -6.71. The van der Waals surface area contributed by atoms with Crippen molar-refractivity contribution in [3.63, 3.8) is 0 Å². The van der Waals surface area contributed by atoms with Crippen molar-refractivity contribution in [2.45, 2.75) is 81.4 Å². The first-order valence-corrected chi connectivity index (χ1v) is 19.2. The first kappa shape index (κ1) is 44.1. The number of piperidine rings is 1. The third kappa shape index (κ3) is 8.88. The molecule has 5 rings (SSSR count). The van der Waals surface area contributed by atoms with Crippen LogP contribution in [0.15, 0.2) is 84.9 Å². The van der Waals surface area contributed by atoms with Crippen LogP contribution in [0.25, 0.3) is 0 Å². The van der Waals surface area contributed by atoms with Crippen LogP contribution in [0, 0.1) is 16.0 Å². The Morgan fingerprint density at radius 1 is 0.780 bits per heavy atom. The molecule has 0 spiro atoms. The van der Waals surface area contributed by atoms with Gasteiger partial charge in [0, 0.05) is 51.8 Å². The molecule has 59 heavy (non-hydrogen) atoms. The van der Waals surface area contributed by atoms with Gasteiger partial charge in [-0.1, -0.05) is 72.4 Å². The van der Waals surface area contributed by atoms with Crippen LogP contribution in [0.5, 0.6) is 5.75 Å². The molecule has 8 atom stereocenters. The molecule has 314 valence electrons. The lowest BCUT2D eigenvalue weighted by atomic mass is 9.70. The molecule has 0 radical (unpaired) electrons. The fourth-order valence-corrected chi connectivity index (χ4v) is 10.1. The van der Waals surface area contributed by atoms with E-state index in [9.17, 15) is 34.1 Å². The Morgan fingerprint density at radius 2 is 1.32 bits per heavy atom. The number of methoxy groups -OCH3 is 1. The topological polar surface area (TPSA) is 207 Å². The van der Waals surface area contributed by atoms with Gasteiger partial charge in [-0.3, -0.25) is 48.7 Å². The van der Waals surface area contributed by atoms with Crippen LogP contribution in [0.1, 0.15) is 45.7 Å². The Bertz CT molecular complexity index is 2050. The number of hydrogen-bond donors (Lipinski definition) is 0. The summed E-state index contributed by atoms with van der Waals surface area (Å²) in [6, 6.07) is 21.8. The highest BCUT2D eigenvalue weighted by molar-refractivity contribution is 8.03. The zero-order chi connectivity index (χ0) is 43.2. The monoisotopic (exact) mass is 835 g/mol. The normalized spacial score (nSPS) is 22.7. The highest BCUT2D eigenvalue weighted by atomic mass is 32.2. The molecule has 2 bridgehead atoms. The van der Waals surface area contributed by atoms with E-state index >= 15 is 4.79 Å². The molecular formula is C41H45N3O14S. The third-order valence-corrected chi connectivity index (χ3v) is 12.0. The molecule has 0 aliphatic carbocycles. The van der Waals surface area contributed by atoms with E-state index in [4.69, 9.17) is 28.4 Å². The predicted octanol–water partition coefficient (Wildman–Crippen LogP) is 4.02. The van der Waals surface area contributed by atoms with Crippen LogP contribution in [-0.2, 0) is 63.7 Å². The fraction of sp³-hybridized carbons (Fsp3) is 0.415. The van der Waals surface area contributed by atoms with Crippen molar-refractivity contribution >= 4 is 53.2 Å². The van der Waals surface area contributed by atoms with E-state index in [0.29, 0.717) is 5.75 Å². The average molecular weight is 836 g/mol. The average Bonchev–Trinajstić information content (AvgIpc) is 3.65. The van der Waals surface area contributed by atoms with Gasteiger partial charge in [0.25, 0.3) is 11.9 Å². The number of rotatable bonds is 17. The highest BCUT2D eigenvalue weighted by Crippen LogP contribution is 2.70. The van der Waals surface area contributed by atoms with Crippen molar-refractivity contribution in [2.24, 2.45) is 5.92 Å². The summed E-state index contributed by atoms with van der Waals surface area (Å²) in [5.41, 5.74) is 1.30. The lowest BCUT2D eigenvalue weighted by Crippen LogP contribution is -2.72. The van der Waals surface area contributed by atoms with Gasteiger partial charge in [-0.15, -0.1) is 0 Å². The number of likely N-dealkylation sites (N-methyl/N-ethyl adjacent to an activating group) is 1. The van der Waals surface area contributed by atoms with Crippen molar-refractivity contribution < 1.29 is 62.1 Å². The van der Waals surface area contributed by atoms with Gasteiger partial charge in [-0.05, 0) is 42.4 Å². The van der Waals surface area contributed by atoms with Crippen LogP contribution in [-0.4, -0.2) is 102 Å². The van der Waals surface area contributed by atoms with E-state index in [1.165, 1.54) is 12.0 Å². The lowest BCUT2D eigenvalue weighted by Gasteiger charge is -2.49. The van der Waals surface area contributed by atoms with Crippen LogP contribution < -0.4 is 9.64 Å². The van der Waals surface area contributed by atoms with Crippen molar-refractivity contribution in [2.75, 3.05) is 25.7 Å². The third-order valence-electron chi connectivity index (χ3n) is 9.96. The molecule has 2 saturated heterocycles. The minimum absolute atomic E-state index is 0.0777. The Morgan fingerprint density at radius 3 is 1.83 bits per heavy atom. The molecule has 3 aromatic carbocycles. The van der Waals surface area contributed by atoms with Crippen LogP contribution >= 0.6 is 11.8 Å². The zero-order valence-electron chi connectivity index (χ0n) is 33.4. The first-order chi connectivity index (χ1) is 28.0. The van der Waals surface area contributed by atoms with E-state index in [1.54, 1.807) is 78.7 Å². The van der Waals surface area contributed by atoms with Crippen molar-refractivity contribution in [1.29, 1.82) is 0 Å². The lowest BCUT2D eigenvalue weighted by molar-refractivity contribution is -0.546. The summed E-state index contributed by atoms with van der Waals surface area (Å²) in [6.07, 6.45) is -7.61. The second kappa shape index (κ2) is 18.3. The Hall–Kier alpha value is -6.01. The van der Waals surface area contributed by atoms with E-state index in [1.807, 2.05) is 18.2 Å². The number of carbonyl (C=O) groups excluding carboxylic acids is 6. The van der Waals surface area contributed by atoms with Gasteiger partial charge in [0.15, 0.2) is 24.4 Å². The van der Waals surface area contributed by atoms with Crippen LogP contribution in [0.3, 0.4) is 0 Å². The number of ether oxygens (including phenoxy) is 6. The number of hydrogen-bond acceptors (Lipinski definition) is 16. The van der Waals surface area contributed by atoms with Gasteiger partial charge in [0.2, 0.25) is 4.99 Å². The molecule has 0 unspecified atom stereocenters. The molecule has 2 fully saturated rings. The van der Waals surface area contributed by atoms with E-state index in [2.05, 4.69) is 0 Å². The van der Waals surface area contributed by atoms with E-state index < -0.39 is 93.4 Å². The quantitative estimate of drug-likeness (QED) is 0.0814. The number of esters is 5. The Kier molecular flexibility index (Phi) is 13.7. The van der Waals surface area contributed by atoms with Crippen molar-refractivity contribution in [3.05, 3.63) is 106 Å². The zero-order valence-corrected chi connectivity index (χ0v) is 34.2. The molecule has 18 heteroatoms. The SMILES string of the molecule is COc1ccc(N2C(=O)[C@]3(c4ccccc4)S[C@@]2(N(C)Cc2ccccc2)[C@@H]([N+](=O)[O-])[C@@H]3[C@@H](OC(C)=O)[C@@H](OC(C)=O)[C@H](OC(C)=O)[C@@H](COC(C)=O)OC(C)=O)cc1. The number of thioether (sulfide) groups is 1. The van der Waals surface area contributed by atoms with Gasteiger partial charge < -0.3 is 28.4 Å². The molecular weight excluding hydrogens is 791 g/mol. The number of fused-ring (bicyclic) bond motifs is 2. The number of amides is 1. The highest BCUT2D eigenvalue weighted by Gasteiger charge is 2.84. The van der Waals surface area contributed by atoms with E-state index in [-0.39, 0.29) is 17.8 Å². The standard InChI is InChI=1S/C41H45N3O14S/c1-24(45)54-23-33(55-25(2)46)35(56-26(3)47)37(58-28(5)49)36(57-27(4)48)34-38(44(51)52)41(42(6)22-29-14-10-8-11-15-29)43(31-18-20-32(53-7)21-19-31)39(50)40(34,59-41)30-16-12-9-13-17-30/h8-21,33-38H,22-23H2,1-7H3/t33-,34+,35-,36-,37+,38+,40-,41-/m1/s1. The number of nitro groups is 1. The number of nitrogens with zero attached hydrogens (tertiary/aromatic N) is 3. The minimum atomic E-state index is -2.01. The minimum Gasteiger partial charge on any atom is -0.497 e. The summed E-state index contributed by atoms with van der Waals surface area (Å²) in [7, 11) is 3.10. The predicted molar refractivity (Wildman–Crippen MR) is 210 cm³/mol. The van der Waals surface area contributed by atoms with Crippen molar-refractivity contribution in [3.8, 4) is 5.75 Å². The fourth-order valence-electron chi connectivity index (χ4n) is 7.92.